The van der Waals surface area contributed by atoms with Crippen LogP contribution in [0.5, 0.6) is 5.75 Å². The molecule has 7 heteroatoms. The maximum atomic E-state index is 11.2. The Labute approximate surface area is 109 Å². The summed E-state index contributed by atoms with van der Waals surface area (Å²) in [6, 6.07) is 5.74. The first-order valence-corrected chi connectivity index (χ1v) is 5.66. The molecule has 7 nitrogen and oxygen atoms in total. The first-order valence-electron chi connectivity index (χ1n) is 5.66. The first kappa shape index (κ1) is 14.4. The number of benzene rings is 1. The minimum absolute atomic E-state index is 0.0403. The van der Waals surface area contributed by atoms with Crippen LogP contribution in [0.3, 0.4) is 0 Å². The highest BCUT2D eigenvalue weighted by Gasteiger charge is 2.16. The van der Waals surface area contributed by atoms with Crippen LogP contribution in [0.4, 0.5) is 5.69 Å². The van der Waals surface area contributed by atoms with Crippen molar-refractivity contribution in [1.29, 1.82) is 5.26 Å². The van der Waals surface area contributed by atoms with Gasteiger partial charge in [0.2, 0.25) is 5.91 Å². The molecule has 0 aromatic heterocycles. The number of hydrogen-bond donors (Lipinski definition) is 1. The molecule has 0 heterocycles. The van der Waals surface area contributed by atoms with Crippen molar-refractivity contribution in [3.63, 3.8) is 0 Å². The van der Waals surface area contributed by atoms with Gasteiger partial charge in [0.25, 0.3) is 0 Å². The van der Waals surface area contributed by atoms with Gasteiger partial charge in [0.05, 0.1) is 29.6 Å². The maximum Gasteiger partial charge on any atom is 0.312 e. The number of amides is 1. The number of nitrogens with zero attached hydrogens (tertiary/aromatic N) is 2. The zero-order chi connectivity index (χ0) is 14.3. The van der Waals surface area contributed by atoms with Crippen LogP contribution < -0.4 is 10.1 Å². The van der Waals surface area contributed by atoms with Crippen molar-refractivity contribution in [2.45, 2.75) is 13.3 Å². The summed E-state index contributed by atoms with van der Waals surface area (Å²) in [6.45, 7) is 2.36. The van der Waals surface area contributed by atoms with Crippen LogP contribution in [-0.2, 0) is 4.79 Å². The standard InChI is InChI=1S/C12H13N3O4/c1-2-14-12(16)5-6-19-11-4-3-9(8-13)7-10(11)15(17)18/h3-4,7H,2,5-6H2,1H3,(H,14,16). The Balaban J connectivity index is 2.70. The number of nitro groups is 1. The molecule has 0 atom stereocenters. The second-order valence-corrected chi connectivity index (χ2v) is 3.60. The third-order valence-corrected chi connectivity index (χ3v) is 2.25. The fourth-order valence-corrected chi connectivity index (χ4v) is 1.39. The third kappa shape index (κ3) is 4.27. The number of rotatable bonds is 6. The predicted molar refractivity (Wildman–Crippen MR) is 66.6 cm³/mol. The summed E-state index contributed by atoms with van der Waals surface area (Å²) in [5.41, 5.74) is -0.0993. The van der Waals surface area contributed by atoms with E-state index in [-0.39, 0.29) is 35.9 Å². The molecule has 100 valence electrons. The molecule has 1 N–H and O–H groups in total. The Hall–Kier alpha value is -2.62. The quantitative estimate of drug-likeness (QED) is 0.616. The van der Waals surface area contributed by atoms with Gasteiger partial charge < -0.3 is 10.1 Å². The molecule has 1 aromatic carbocycles. The molecule has 1 amide bonds. The van der Waals surface area contributed by atoms with Gasteiger partial charge >= 0.3 is 5.69 Å². The van der Waals surface area contributed by atoms with Crippen LogP contribution in [-0.4, -0.2) is 24.0 Å². The molecule has 19 heavy (non-hydrogen) atoms. The summed E-state index contributed by atoms with van der Waals surface area (Å²) in [6.07, 6.45) is 0.116. The zero-order valence-electron chi connectivity index (χ0n) is 10.4. The maximum absolute atomic E-state index is 11.2. The van der Waals surface area contributed by atoms with E-state index in [9.17, 15) is 14.9 Å². The Kier molecular flexibility index (Phi) is 5.29. The van der Waals surface area contributed by atoms with Crippen molar-refractivity contribution in [1.82, 2.24) is 5.32 Å². The van der Waals surface area contributed by atoms with E-state index in [0.717, 1.165) is 6.07 Å². The van der Waals surface area contributed by atoms with Gasteiger partial charge in [-0.2, -0.15) is 5.26 Å². The van der Waals surface area contributed by atoms with Crippen LogP contribution in [0, 0.1) is 21.4 Å². The van der Waals surface area contributed by atoms with Crippen LogP contribution in [0.15, 0.2) is 18.2 Å². The molecule has 0 aliphatic rings. The van der Waals surface area contributed by atoms with E-state index in [1.807, 2.05) is 6.07 Å². The third-order valence-electron chi connectivity index (χ3n) is 2.25. The summed E-state index contributed by atoms with van der Waals surface area (Å²) in [7, 11) is 0. The molecule has 0 aliphatic heterocycles. The minimum atomic E-state index is -0.623. The highest BCUT2D eigenvalue weighted by molar-refractivity contribution is 5.75. The van der Waals surface area contributed by atoms with E-state index in [2.05, 4.69) is 5.32 Å². The molecular formula is C12H13N3O4. The van der Waals surface area contributed by atoms with Gasteiger partial charge in [0, 0.05) is 12.6 Å². The van der Waals surface area contributed by atoms with Crippen molar-refractivity contribution in [2.75, 3.05) is 13.2 Å². The van der Waals surface area contributed by atoms with E-state index in [1.54, 1.807) is 6.92 Å². The Morgan fingerprint density at radius 1 is 1.58 bits per heavy atom. The molecule has 1 aromatic rings. The van der Waals surface area contributed by atoms with E-state index >= 15 is 0 Å². The van der Waals surface area contributed by atoms with Gasteiger partial charge in [-0.05, 0) is 19.1 Å². The number of carbonyl (C=O) groups is 1. The molecule has 0 saturated carbocycles. The molecule has 0 aliphatic carbocycles. The largest absolute Gasteiger partial charge is 0.486 e. The molecule has 0 unspecified atom stereocenters. The molecule has 0 spiro atoms. The topological polar surface area (TPSA) is 105 Å². The van der Waals surface area contributed by atoms with Crippen LogP contribution in [0.2, 0.25) is 0 Å². The highest BCUT2D eigenvalue weighted by Crippen LogP contribution is 2.27. The normalized spacial score (nSPS) is 9.47. The Morgan fingerprint density at radius 2 is 2.32 bits per heavy atom. The summed E-state index contributed by atoms with van der Waals surface area (Å²) in [4.78, 5) is 21.4. The van der Waals surface area contributed by atoms with Crippen molar-refractivity contribution in [2.24, 2.45) is 0 Å². The van der Waals surface area contributed by atoms with E-state index in [1.165, 1.54) is 12.1 Å². The number of nitro benzene ring substituents is 1. The van der Waals surface area contributed by atoms with E-state index < -0.39 is 4.92 Å². The van der Waals surface area contributed by atoms with Crippen LogP contribution in [0.1, 0.15) is 18.9 Å². The lowest BCUT2D eigenvalue weighted by molar-refractivity contribution is -0.385. The van der Waals surface area contributed by atoms with Gasteiger partial charge in [0.15, 0.2) is 5.75 Å². The fraction of sp³-hybridized carbons (Fsp3) is 0.333. The number of carbonyl (C=O) groups excluding carboxylic acids is 1. The number of nitriles is 1. The van der Waals surface area contributed by atoms with Crippen molar-refractivity contribution in [3.8, 4) is 11.8 Å². The molecule has 0 radical (unpaired) electrons. The van der Waals surface area contributed by atoms with Crippen LogP contribution in [0.25, 0.3) is 0 Å². The van der Waals surface area contributed by atoms with Gasteiger partial charge in [0.1, 0.15) is 0 Å². The lowest BCUT2D eigenvalue weighted by atomic mass is 10.2. The van der Waals surface area contributed by atoms with Gasteiger partial charge in [-0.25, -0.2) is 0 Å². The summed E-state index contributed by atoms with van der Waals surface area (Å²) in [5.74, 6) is -0.132. The van der Waals surface area contributed by atoms with Gasteiger partial charge in [-0.3, -0.25) is 14.9 Å². The second kappa shape index (κ2) is 6.96. The Morgan fingerprint density at radius 3 is 2.89 bits per heavy atom. The Bertz CT molecular complexity index is 522. The lowest BCUT2D eigenvalue weighted by Gasteiger charge is -2.06. The molecule has 0 bridgehead atoms. The SMILES string of the molecule is CCNC(=O)CCOc1ccc(C#N)cc1[N+](=O)[O-]. The first-order chi connectivity index (χ1) is 9.08. The minimum Gasteiger partial charge on any atom is -0.486 e. The van der Waals surface area contributed by atoms with Crippen LogP contribution >= 0.6 is 0 Å². The predicted octanol–water partition coefficient (Wildman–Crippen LogP) is 1.37. The molecule has 0 fully saturated rings. The smallest absolute Gasteiger partial charge is 0.312 e. The molecule has 1 rings (SSSR count). The highest BCUT2D eigenvalue weighted by atomic mass is 16.6. The van der Waals surface area contributed by atoms with E-state index in [0.29, 0.717) is 6.54 Å². The number of hydrogen-bond acceptors (Lipinski definition) is 5. The zero-order valence-corrected chi connectivity index (χ0v) is 10.4. The summed E-state index contributed by atoms with van der Waals surface area (Å²) in [5, 5.41) is 22.1. The average Bonchev–Trinajstić information content (AvgIpc) is 2.39. The van der Waals surface area contributed by atoms with Crippen molar-refractivity contribution >= 4 is 11.6 Å². The summed E-state index contributed by atoms with van der Waals surface area (Å²) >= 11 is 0. The van der Waals surface area contributed by atoms with Gasteiger partial charge in [-0.15, -0.1) is 0 Å². The number of nitrogens with one attached hydrogen (secondary N) is 1. The van der Waals surface area contributed by atoms with Crippen molar-refractivity contribution in [3.05, 3.63) is 33.9 Å². The summed E-state index contributed by atoms with van der Waals surface area (Å²) < 4.78 is 5.20. The van der Waals surface area contributed by atoms with Crippen molar-refractivity contribution < 1.29 is 14.5 Å². The fourth-order valence-electron chi connectivity index (χ4n) is 1.39. The van der Waals surface area contributed by atoms with E-state index in [4.69, 9.17) is 10.00 Å². The average molecular weight is 263 g/mol. The van der Waals surface area contributed by atoms with Gasteiger partial charge in [-0.1, -0.05) is 0 Å². The number of ether oxygens (including phenoxy) is 1. The second-order valence-electron chi connectivity index (χ2n) is 3.60. The molecular weight excluding hydrogens is 250 g/mol. The monoisotopic (exact) mass is 263 g/mol. The lowest BCUT2D eigenvalue weighted by Crippen LogP contribution is -2.24. The molecule has 0 saturated heterocycles.